The number of para-hydroxylation sites is 1. The Morgan fingerprint density at radius 1 is 0.857 bits per heavy atom. The predicted octanol–water partition coefficient (Wildman–Crippen LogP) is 2.16. The molecule has 144 valence electrons. The van der Waals surface area contributed by atoms with Crippen LogP contribution in [-0.2, 0) is 4.79 Å². The number of imide groups is 1. The number of fused-ring (bicyclic) bond motifs is 1. The number of hydrogen-bond acceptors (Lipinski definition) is 4. The highest BCUT2D eigenvalue weighted by Gasteiger charge is 2.35. The molecule has 0 atom stereocenters. The summed E-state index contributed by atoms with van der Waals surface area (Å²) in [7, 11) is 0. The zero-order valence-electron chi connectivity index (χ0n) is 15.3. The predicted molar refractivity (Wildman–Crippen MR) is 102 cm³/mol. The van der Waals surface area contributed by atoms with Crippen LogP contribution in [0, 0.1) is 5.82 Å². The Hall–Kier alpha value is -3.22. The van der Waals surface area contributed by atoms with Crippen molar-refractivity contribution < 1.29 is 18.8 Å². The van der Waals surface area contributed by atoms with Gasteiger partial charge in [-0.2, -0.15) is 0 Å². The van der Waals surface area contributed by atoms with E-state index in [1.54, 1.807) is 47.4 Å². The standard InChI is InChI=1S/C21H20FN3O3/c22-17-7-3-4-8-18(17)23-11-13-24(14-12-23)19(26)9-10-25-20(27)15-5-1-2-6-16(15)21(25)28/h1-8H,9-14H2. The molecule has 0 unspecified atom stereocenters. The molecule has 0 spiro atoms. The van der Waals surface area contributed by atoms with E-state index in [4.69, 9.17) is 0 Å². The molecule has 2 heterocycles. The lowest BCUT2D eigenvalue weighted by atomic mass is 10.1. The topological polar surface area (TPSA) is 60.9 Å². The van der Waals surface area contributed by atoms with E-state index in [-0.39, 0.29) is 36.5 Å². The van der Waals surface area contributed by atoms with Crippen LogP contribution in [0.15, 0.2) is 48.5 Å². The maximum atomic E-state index is 13.9. The fourth-order valence-corrected chi connectivity index (χ4v) is 3.71. The number of hydrogen-bond donors (Lipinski definition) is 0. The van der Waals surface area contributed by atoms with E-state index in [0.717, 1.165) is 4.90 Å². The third kappa shape index (κ3) is 3.24. The molecule has 0 radical (unpaired) electrons. The van der Waals surface area contributed by atoms with Gasteiger partial charge in [0.15, 0.2) is 0 Å². The summed E-state index contributed by atoms with van der Waals surface area (Å²) in [4.78, 5) is 42.0. The van der Waals surface area contributed by atoms with Gasteiger partial charge in [0.25, 0.3) is 11.8 Å². The number of carbonyl (C=O) groups is 3. The first-order valence-electron chi connectivity index (χ1n) is 9.29. The van der Waals surface area contributed by atoms with Gasteiger partial charge in [0.05, 0.1) is 16.8 Å². The molecule has 2 aliphatic heterocycles. The molecule has 0 aliphatic carbocycles. The maximum absolute atomic E-state index is 13.9. The molecule has 3 amide bonds. The normalized spacial score (nSPS) is 16.5. The molecule has 4 rings (SSSR count). The zero-order chi connectivity index (χ0) is 19.7. The highest BCUT2D eigenvalue weighted by Crippen LogP contribution is 2.23. The molecular formula is C21H20FN3O3. The van der Waals surface area contributed by atoms with Crippen LogP contribution in [0.4, 0.5) is 10.1 Å². The van der Waals surface area contributed by atoms with Gasteiger partial charge in [0.2, 0.25) is 5.91 Å². The summed E-state index contributed by atoms with van der Waals surface area (Å²) in [6, 6.07) is 13.3. The van der Waals surface area contributed by atoms with E-state index in [1.165, 1.54) is 6.07 Å². The van der Waals surface area contributed by atoms with E-state index >= 15 is 0 Å². The number of rotatable bonds is 4. The fraction of sp³-hybridized carbons (Fsp3) is 0.286. The molecule has 7 heteroatoms. The van der Waals surface area contributed by atoms with Crippen LogP contribution in [0.5, 0.6) is 0 Å². The number of piperazine rings is 1. The van der Waals surface area contributed by atoms with Crippen LogP contribution in [-0.4, -0.2) is 60.2 Å². The number of halogens is 1. The van der Waals surface area contributed by atoms with Gasteiger partial charge in [-0.15, -0.1) is 0 Å². The second kappa shape index (κ2) is 7.42. The van der Waals surface area contributed by atoms with E-state index in [0.29, 0.717) is 43.0 Å². The molecule has 0 N–H and O–H groups in total. The molecular weight excluding hydrogens is 361 g/mol. The number of anilines is 1. The first-order valence-corrected chi connectivity index (χ1v) is 9.29. The summed E-state index contributed by atoms with van der Waals surface area (Å²) in [5.41, 5.74) is 1.32. The third-order valence-electron chi connectivity index (χ3n) is 5.25. The highest BCUT2D eigenvalue weighted by atomic mass is 19.1. The van der Waals surface area contributed by atoms with Crippen LogP contribution < -0.4 is 4.90 Å². The Balaban J connectivity index is 1.32. The van der Waals surface area contributed by atoms with Crippen molar-refractivity contribution in [2.45, 2.75) is 6.42 Å². The van der Waals surface area contributed by atoms with Crippen molar-refractivity contribution in [1.82, 2.24) is 9.80 Å². The second-order valence-corrected chi connectivity index (χ2v) is 6.88. The minimum Gasteiger partial charge on any atom is -0.366 e. The SMILES string of the molecule is O=C(CCN1C(=O)c2ccccc2C1=O)N1CCN(c2ccccc2F)CC1. The number of nitrogens with zero attached hydrogens (tertiary/aromatic N) is 3. The Bertz CT molecular complexity index is 903. The highest BCUT2D eigenvalue weighted by molar-refractivity contribution is 6.21. The van der Waals surface area contributed by atoms with Gasteiger partial charge in [-0.3, -0.25) is 19.3 Å². The van der Waals surface area contributed by atoms with Crippen molar-refractivity contribution in [1.29, 1.82) is 0 Å². The Morgan fingerprint density at radius 3 is 2.04 bits per heavy atom. The minimum absolute atomic E-state index is 0.0682. The molecule has 2 aromatic rings. The largest absolute Gasteiger partial charge is 0.366 e. The van der Waals surface area contributed by atoms with Crippen LogP contribution in [0.3, 0.4) is 0 Å². The van der Waals surface area contributed by atoms with Crippen molar-refractivity contribution in [3.63, 3.8) is 0 Å². The van der Waals surface area contributed by atoms with Gasteiger partial charge in [0, 0.05) is 39.1 Å². The van der Waals surface area contributed by atoms with E-state index in [9.17, 15) is 18.8 Å². The van der Waals surface area contributed by atoms with Crippen molar-refractivity contribution in [3.05, 3.63) is 65.5 Å². The van der Waals surface area contributed by atoms with Crippen LogP contribution >= 0.6 is 0 Å². The van der Waals surface area contributed by atoms with Crippen molar-refractivity contribution in [3.8, 4) is 0 Å². The second-order valence-electron chi connectivity index (χ2n) is 6.88. The first kappa shape index (κ1) is 18.2. The van der Waals surface area contributed by atoms with Crippen molar-refractivity contribution in [2.24, 2.45) is 0 Å². The number of carbonyl (C=O) groups excluding carboxylic acids is 3. The summed E-state index contributed by atoms with van der Waals surface area (Å²) >= 11 is 0. The quantitative estimate of drug-likeness (QED) is 0.762. The Labute approximate surface area is 162 Å². The Morgan fingerprint density at radius 2 is 1.43 bits per heavy atom. The van der Waals surface area contributed by atoms with Gasteiger partial charge < -0.3 is 9.80 Å². The van der Waals surface area contributed by atoms with E-state index in [2.05, 4.69) is 0 Å². The summed E-state index contributed by atoms with van der Waals surface area (Å²) in [5.74, 6) is -1.08. The van der Waals surface area contributed by atoms with Gasteiger partial charge in [0.1, 0.15) is 5.82 Å². The van der Waals surface area contributed by atoms with Gasteiger partial charge in [-0.25, -0.2) is 4.39 Å². The minimum atomic E-state index is -0.349. The summed E-state index contributed by atoms with van der Waals surface area (Å²) < 4.78 is 13.9. The average Bonchev–Trinajstić information content (AvgIpc) is 2.97. The zero-order valence-corrected chi connectivity index (χ0v) is 15.3. The van der Waals surface area contributed by atoms with Crippen LogP contribution in [0.2, 0.25) is 0 Å². The first-order chi connectivity index (χ1) is 13.6. The Kier molecular flexibility index (Phi) is 4.81. The number of amides is 3. The molecule has 1 fully saturated rings. The molecule has 2 aromatic carbocycles. The number of benzene rings is 2. The maximum Gasteiger partial charge on any atom is 0.261 e. The molecule has 0 saturated carbocycles. The smallest absolute Gasteiger partial charge is 0.261 e. The molecule has 0 bridgehead atoms. The summed E-state index contributed by atoms with van der Waals surface area (Å²) in [6.07, 6.45) is 0.0885. The lowest BCUT2D eigenvalue weighted by Crippen LogP contribution is -2.49. The third-order valence-corrected chi connectivity index (χ3v) is 5.25. The monoisotopic (exact) mass is 381 g/mol. The molecule has 1 saturated heterocycles. The summed E-state index contributed by atoms with van der Waals surface area (Å²) in [6.45, 7) is 2.11. The lowest BCUT2D eigenvalue weighted by Gasteiger charge is -2.36. The van der Waals surface area contributed by atoms with Gasteiger partial charge in [-0.05, 0) is 24.3 Å². The van der Waals surface area contributed by atoms with Crippen molar-refractivity contribution in [2.75, 3.05) is 37.6 Å². The molecule has 2 aliphatic rings. The van der Waals surface area contributed by atoms with Gasteiger partial charge in [-0.1, -0.05) is 24.3 Å². The molecule has 0 aromatic heterocycles. The van der Waals surface area contributed by atoms with Crippen molar-refractivity contribution >= 4 is 23.4 Å². The lowest BCUT2D eigenvalue weighted by molar-refractivity contribution is -0.131. The van der Waals surface area contributed by atoms with Gasteiger partial charge >= 0.3 is 0 Å². The van der Waals surface area contributed by atoms with E-state index < -0.39 is 0 Å². The van der Waals surface area contributed by atoms with E-state index in [1.807, 2.05) is 4.90 Å². The summed E-state index contributed by atoms with van der Waals surface area (Å²) in [5, 5.41) is 0. The van der Waals surface area contributed by atoms with Crippen LogP contribution in [0.1, 0.15) is 27.1 Å². The average molecular weight is 381 g/mol. The molecule has 28 heavy (non-hydrogen) atoms. The molecule has 6 nitrogen and oxygen atoms in total. The van der Waals surface area contributed by atoms with Crippen LogP contribution in [0.25, 0.3) is 0 Å². The fourth-order valence-electron chi connectivity index (χ4n) is 3.71.